The van der Waals surface area contributed by atoms with E-state index in [1.54, 1.807) is 12.3 Å². The number of rotatable bonds is 2. The first-order chi connectivity index (χ1) is 10.1. The number of Topliss-reactive ketones (excluding diaryl/α,β-unsaturated/α-hetero) is 1. The fourth-order valence-electron chi connectivity index (χ4n) is 2.78. The third-order valence-corrected chi connectivity index (χ3v) is 3.82. The topological polar surface area (TPSA) is 74.8 Å². The van der Waals surface area contributed by atoms with Crippen LogP contribution in [-0.2, 0) is 6.42 Å². The number of amides is 1. The molecule has 21 heavy (non-hydrogen) atoms. The number of hydrogen-bond donors (Lipinski definition) is 2. The van der Waals surface area contributed by atoms with Gasteiger partial charge in [0, 0.05) is 23.9 Å². The van der Waals surface area contributed by atoms with E-state index < -0.39 is 0 Å². The number of anilines is 1. The molecule has 108 valence electrons. The van der Waals surface area contributed by atoms with Crippen LogP contribution in [0.5, 0.6) is 0 Å². The summed E-state index contributed by atoms with van der Waals surface area (Å²) in [6, 6.07) is 3.67. The fraction of sp³-hybridized carbons (Fsp3) is 0.312. The van der Waals surface area contributed by atoms with Crippen molar-refractivity contribution in [2.24, 2.45) is 0 Å². The number of nitrogens with one attached hydrogen (secondary N) is 2. The molecule has 0 aliphatic heterocycles. The normalized spacial score (nSPS) is 13.9. The Bertz CT molecular complexity index is 731. The van der Waals surface area contributed by atoms with Crippen molar-refractivity contribution >= 4 is 17.5 Å². The summed E-state index contributed by atoms with van der Waals surface area (Å²) >= 11 is 0. The van der Waals surface area contributed by atoms with Crippen molar-refractivity contribution in [3.05, 3.63) is 46.4 Å². The Hall–Kier alpha value is -2.43. The standard InChI is InChI=1S/C16H17N3O2/c1-9-6-7-17-13(8-9)19-16(21)15-10(2)14-11(18-15)4-3-5-12(14)20/h6-8,18H,3-5H2,1-2H3,(H,17,19,21). The van der Waals surface area contributed by atoms with Crippen LogP contribution in [0.4, 0.5) is 5.82 Å². The summed E-state index contributed by atoms with van der Waals surface area (Å²) in [6.07, 6.45) is 3.87. The highest BCUT2D eigenvalue weighted by Crippen LogP contribution is 2.26. The smallest absolute Gasteiger partial charge is 0.273 e. The Morgan fingerprint density at radius 1 is 1.33 bits per heavy atom. The minimum absolute atomic E-state index is 0.123. The van der Waals surface area contributed by atoms with E-state index in [1.165, 1.54) is 0 Å². The Morgan fingerprint density at radius 3 is 2.86 bits per heavy atom. The van der Waals surface area contributed by atoms with Crippen LogP contribution in [0.1, 0.15) is 50.5 Å². The second-order valence-electron chi connectivity index (χ2n) is 5.43. The average molecular weight is 283 g/mol. The molecule has 0 radical (unpaired) electrons. The first-order valence-electron chi connectivity index (χ1n) is 7.05. The van der Waals surface area contributed by atoms with E-state index in [9.17, 15) is 9.59 Å². The van der Waals surface area contributed by atoms with Crippen LogP contribution >= 0.6 is 0 Å². The van der Waals surface area contributed by atoms with Crippen LogP contribution in [0.15, 0.2) is 18.3 Å². The zero-order valence-corrected chi connectivity index (χ0v) is 12.1. The summed E-state index contributed by atoms with van der Waals surface area (Å²) < 4.78 is 0. The molecule has 0 saturated heterocycles. The number of aromatic amines is 1. The summed E-state index contributed by atoms with van der Waals surface area (Å²) in [5, 5.41) is 2.77. The summed E-state index contributed by atoms with van der Waals surface area (Å²) in [7, 11) is 0. The van der Waals surface area contributed by atoms with Gasteiger partial charge in [-0.2, -0.15) is 0 Å². The van der Waals surface area contributed by atoms with Crippen molar-refractivity contribution in [3.63, 3.8) is 0 Å². The Kier molecular flexibility index (Phi) is 3.33. The van der Waals surface area contributed by atoms with Crippen molar-refractivity contribution in [1.82, 2.24) is 9.97 Å². The molecule has 0 unspecified atom stereocenters. The first kappa shape index (κ1) is 13.5. The van der Waals surface area contributed by atoms with Gasteiger partial charge in [0.05, 0.1) is 0 Å². The van der Waals surface area contributed by atoms with Crippen LogP contribution in [0, 0.1) is 13.8 Å². The molecule has 0 bridgehead atoms. The molecule has 2 aromatic heterocycles. The molecule has 1 aliphatic rings. The van der Waals surface area contributed by atoms with Gasteiger partial charge in [-0.1, -0.05) is 0 Å². The predicted molar refractivity (Wildman–Crippen MR) is 79.7 cm³/mol. The molecule has 5 heteroatoms. The van der Waals surface area contributed by atoms with Crippen LogP contribution < -0.4 is 5.32 Å². The highest BCUT2D eigenvalue weighted by atomic mass is 16.2. The molecule has 2 N–H and O–H groups in total. The highest BCUT2D eigenvalue weighted by molar-refractivity contribution is 6.08. The Morgan fingerprint density at radius 2 is 2.14 bits per heavy atom. The zero-order chi connectivity index (χ0) is 15.0. The lowest BCUT2D eigenvalue weighted by Crippen LogP contribution is -2.15. The van der Waals surface area contributed by atoms with Crippen LogP contribution in [0.3, 0.4) is 0 Å². The van der Waals surface area contributed by atoms with E-state index in [2.05, 4.69) is 15.3 Å². The number of hydrogen-bond acceptors (Lipinski definition) is 3. The number of aromatic nitrogens is 2. The van der Waals surface area contributed by atoms with Crippen LogP contribution in [0.2, 0.25) is 0 Å². The summed E-state index contributed by atoms with van der Waals surface area (Å²) in [5.74, 6) is 0.379. The summed E-state index contributed by atoms with van der Waals surface area (Å²) in [6.45, 7) is 3.76. The number of carbonyl (C=O) groups is 2. The Labute approximate surface area is 122 Å². The molecule has 0 spiro atoms. The number of pyridine rings is 1. The number of carbonyl (C=O) groups excluding carboxylic acids is 2. The minimum Gasteiger partial charge on any atom is -0.354 e. The van der Waals surface area contributed by atoms with Crippen LogP contribution in [-0.4, -0.2) is 21.7 Å². The molecule has 0 saturated carbocycles. The third kappa shape index (κ3) is 2.46. The largest absolute Gasteiger partial charge is 0.354 e. The minimum atomic E-state index is -0.257. The zero-order valence-electron chi connectivity index (χ0n) is 12.1. The molecular weight excluding hydrogens is 266 g/mol. The summed E-state index contributed by atoms with van der Waals surface area (Å²) in [4.78, 5) is 31.6. The lowest BCUT2D eigenvalue weighted by molar-refractivity contribution is 0.0971. The molecule has 1 amide bonds. The van der Waals surface area contributed by atoms with Crippen molar-refractivity contribution in [2.45, 2.75) is 33.1 Å². The first-order valence-corrected chi connectivity index (χ1v) is 7.05. The SMILES string of the molecule is Cc1ccnc(NC(=O)c2[nH]c3c(c2C)C(=O)CCC3)c1. The number of aryl methyl sites for hydroxylation is 2. The maximum absolute atomic E-state index is 12.4. The Balaban J connectivity index is 1.90. The molecule has 0 aromatic carbocycles. The van der Waals surface area contributed by atoms with E-state index in [1.807, 2.05) is 19.9 Å². The molecule has 2 heterocycles. The highest BCUT2D eigenvalue weighted by Gasteiger charge is 2.26. The van der Waals surface area contributed by atoms with Gasteiger partial charge >= 0.3 is 0 Å². The maximum Gasteiger partial charge on any atom is 0.273 e. The quantitative estimate of drug-likeness (QED) is 0.890. The molecule has 0 atom stereocenters. The van der Waals surface area contributed by atoms with Crippen molar-refractivity contribution in [1.29, 1.82) is 0 Å². The van der Waals surface area contributed by atoms with Crippen LogP contribution in [0.25, 0.3) is 0 Å². The van der Waals surface area contributed by atoms with Gasteiger partial charge in [0.25, 0.3) is 5.91 Å². The lowest BCUT2D eigenvalue weighted by atomic mass is 9.94. The molecular formula is C16H17N3O2. The number of fused-ring (bicyclic) bond motifs is 1. The van der Waals surface area contributed by atoms with Crippen molar-refractivity contribution < 1.29 is 9.59 Å². The van der Waals surface area contributed by atoms with Crippen molar-refractivity contribution in [2.75, 3.05) is 5.32 Å². The van der Waals surface area contributed by atoms with E-state index in [0.717, 1.165) is 29.7 Å². The second kappa shape index (κ2) is 5.16. The van der Waals surface area contributed by atoms with Gasteiger partial charge in [-0.05, 0) is 49.9 Å². The van der Waals surface area contributed by atoms with Gasteiger partial charge in [0.1, 0.15) is 11.5 Å². The third-order valence-electron chi connectivity index (χ3n) is 3.82. The van der Waals surface area contributed by atoms with Gasteiger partial charge in [-0.15, -0.1) is 0 Å². The molecule has 5 nitrogen and oxygen atoms in total. The van der Waals surface area contributed by atoms with Gasteiger partial charge < -0.3 is 10.3 Å². The fourth-order valence-corrected chi connectivity index (χ4v) is 2.78. The number of ketones is 1. The molecule has 3 rings (SSSR count). The summed E-state index contributed by atoms with van der Waals surface area (Å²) in [5.41, 5.74) is 3.80. The molecule has 2 aromatic rings. The van der Waals surface area contributed by atoms with Crippen molar-refractivity contribution in [3.8, 4) is 0 Å². The van der Waals surface area contributed by atoms with E-state index in [-0.39, 0.29) is 11.7 Å². The monoisotopic (exact) mass is 283 g/mol. The van der Waals surface area contributed by atoms with E-state index in [0.29, 0.717) is 23.5 Å². The van der Waals surface area contributed by atoms with Gasteiger partial charge in [0.2, 0.25) is 0 Å². The van der Waals surface area contributed by atoms with E-state index >= 15 is 0 Å². The molecule has 0 fully saturated rings. The molecule has 1 aliphatic carbocycles. The number of H-pyrrole nitrogens is 1. The van der Waals surface area contributed by atoms with Gasteiger partial charge in [-0.25, -0.2) is 4.98 Å². The van der Waals surface area contributed by atoms with E-state index in [4.69, 9.17) is 0 Å². The maximum atomic E-state index is 12.4. The average Bonchev–Trinajstić information content (AvgIpc) is 2.77. The number of nitrogens with zero attached hydrogens (tertiary/aromatic N) is 1. The second-order valence-corrected chi connectivity index (χ2v) is 5.43. The lowest BCUT2D eigenvalue weighted by Gasteiger charge is -2.09. The van der Waals surface area contributed by atoms with Gasteiger partial charge in [0.15, 0.2) is 5.78 Å². The predicted octanol–water partition coefficient (Wildman–Crippen LogP) is 2.80. The van der Waals surface area contributed by atoms with Gasteiger partial charge in [-0.3, -0.25) is 9.59 Å².